The predicted molar refractivity (Wildman–Crippen MR) is 65.5 cm³/mol. The lowest BCUT2D eigenvalue weighted by molar-refractivity contribution is -0.189. The number of carbonyl (C=O) groups is 2. The Morgan fingerprint density at radius 1 is 1.15 bits per heavy atom. The van der Waals surface area contributed by atoms with Crippen LogP contribution in [-0.4, -0.2) is 62.3 Å². The van der Waals surface area contributed by atoms with Crippen LogP contribution in [0.2, 0.25) is 0 Å². The van der Waals surface area contributed by atoms with Gasteiger partial charge in [-0.3, -0.25) is 15.4 Å². The van der Waals surface area contributed by atoms with Gasteiger partial charge in [0.05, 0.1) is 19.6 Å². The average Bonchev–Trinajstić information content (AvgIpc) is 3.01. The van der Waals surface area contributed by atoms with Crippen LogP contribution in [0.25, 0.3) is 0 Å². The van der Waals surface area contributed by atoms with Crippen LogP contribution in [0.5, 0.6) is 0 Å². The Morgan fingerprint density at radius 3 is 2.20 bits per heavy atom. The van der Waals surface area contributed by atoms with Gasteiger partial charge in [-0.05, 0) is 0 Å². The molecule has 10 heteroatoms. The van der Waals surface area contributed by atoms with Crippen molar-refractivity contribution < 1.29 is 33.6 Å². The van der Waals surface area contributed by atoms with E-state index < -0.39 is 37.3 Å². The van der Waals surface area contributed by atoms with Gasteiger partial charge >= 0.3 is 11.9 Å². The number of halogens is 1. The Morgan fingerprint density at radius 2 is 1.70 bits per heavy atom. The van der Waals surface area contributed by atoms with E-state index in [9.17, 15) is 14.7 Å². The van der Waals surface area contributed by atoms with Gasteiger partial charge in [0, 0.05) is 13.1 Å². The summed E-state index contributed by atoms with van der Waals surface area (Å²) < 4.78 is 19.5. The first-order valence-corrected chi connectivity index (χ1v) is 5.93. The van der Waals surface area contributed by atoms with Gasteiger partial charge in [-0.1, -0.05) is 0 Å². The van der Waals surface area contributed by atoms with Crippen molar-refractivity contribution in [3.8, 4) is 0 Å². The van der Waals surface area contributed by atoms with Crippen molar-refractivity contribution in [2.24, 2.45) is 0 Å². The van der Waals surface area contributed by atoms with E-state index in [4.69, 9.17) is 18.9 Å². The van der Waals surface area contributed by atoms with Gasteiger partial charge in [0.2, 0.25) is 0 Å². The fraction of sp³-hybridized carbons (Fsp3) is 0.800. The Kier molecular flexibility index (Phi) is 7.13. The Balaban J connectivity index is 0.00000200. The predicted octanol–water partition coefficient (Wildman–Crippen LogP) is -1.95. The molecule has 9 nitrogen and oxygen atoms in total. The minimum atomic E-state index is -1.60. The van der Waals surface area contributed by atoms with Gasteiger partial charge in [-0.25, -0.2) is 4.79 Å². The molecule has 0 spiro atoms. The summed E-state index contributed by atoms with van der Waals surface area (Å²) in [4.78, 5) is 22.8. The van der Waals surface area contributed by atoms with E-state index in [0.29, 0.717) is 26.3 Å². The lowest BCUT2D eigenvalue weighted by Gasteiger charge is -2.15. The van der Waals surface area contributed by atoms with Crippen LogP contribution in [0, 0.1) is 0 Å². The number of rotatable bonds is 5. The molecule has 2 aliphatic rings. The molecule has 0 amide bonds. The molecule has 2 aliphatic heterocycles. The number of nitrogens with one attached hydrogen (secondary N) is 2. The maximum atomic E-state index is 11.4. The average molecular weight is 313 g/mol. The van der Waals surface area contributed by atoms with Crippen LogP contribution in [0.15, 0.2) is 0 Å². The molecule has 2 rings (SSSR count). The molecule has 0 bridgehead atoms. The summed E-state index contributed by atoms with van der Waals surface area (Å²) >= 11 is 0. The number of hydrogen-bond acceptors (Lipinski definition) is 9. The van der Waals surface area contributed by atoms with Crippen LogP contribution in [0.1, 0.15) is 6.42 Å². The number of aliphatic hydroxyl groups excluding tert-OH is 1. The van der Waals surface area contributed by atoms with Crippen molar-refractivity contribution in [1.29, 1.82) is 0 Å². The van der Waals surface area contributed by atoms with Crippen LogP contribution in [0.3, 0.4) is 0 Å². The van der Waals surface area contributed by atoms with Crippen molar-refractivity contribution >= 4 is 24.3 Å². The van der Waals surface area contributed by atoms with Crippen LogP contribution >= 0.6 is 12.4 Å². The van der Waals surface area contributed by atoms with Crippen LogP contribution < -0.4 is 10.6 Å². The third kappa shape index (κ3) is 5.19. The highest BCUT2D eigenvalue weighted by Crippen LogP contribution is 2.05. The molecule has 2 saturated heterocycles. The molecule has 0 aliphatic carbocycles. The minimum absolute atomic E-state index is 0. The zero-order valence-electron chi connectivity index (χ0n) is 10.6. The number of carbonyl (C=O) groups excluding carboxylic acids is 2. The van der Waals surface area contributed by atoms with Gasteiger partial charge in [0.1, 0.15) is 0 Å². The first-order chi connectivity index (χ1) is 9.15. The molecule has 2 heterocycles. The maximum Gasteiger partial charge on any atom is 0.338 e. The van der Waals surface area contributed by atoms with Crippen LogP contribution in [0.4, 0.5) is 0 Å². The first-order valence-electron chi connectivity index (χ1n) is 5.93. The largest absolute Gasteiger partial charge is 0.421 e. The Labute approximate surface area is 121 Å². The van der Waals surface area contributed by atoms with Crippen molar-refractivity contribution in [2.75, 3.05) is 26.3 Å². The van der Waals surface area contributed by atoms with Crippen molar-refractivity contribution in [2.45, 2.75) is 25.4 Å². The summed E-state index contributed by atoms with van der Waals surface area (Å²) in [5.74, 6) is -1.71. The second-order valence-corrected chi connectivity index (χ2v) is 3.96. The number of ether oxygens (including phenoxy) is 4. The highest BCUT2D eigenvalue weighted by Gasteiger charge is 2.28. The van der Waals surface area contributed by atoms with E-state index in [1.54, 1.807) is 0 Å². The third-order valence-electron chi connectivity index (χ3n) is 2.46. The fourth-order valence-corrected chi connectivity index (χ4v) is 1.55. The molecule has 0 aromatic carbocycles. The van der Waals surface area contributed by atoms with Crippen molar-refractivity contribution in [3.63, 3.8) is 0 Å². The Bertz CT molecular complexity index is 332. The number of hydrogen-bond donors (Lipinski definition) is 3. The quantitative estimate of drug-likeness (QED) is 0.498. The summed E-state index contributed by atoms with van der Waals surface area (Å²) in [5.41, 5.74) is 0. The summed E-state index contributed by atoms with van der Waals surface area (Å²) in [7, 11) is 0. The topological polar surface area (TPSA) is 115 Å². The molecular weight excluding hydrogens is 296 g/mol. The maximum absolute atomic E-state index is 11.4. The molecule has 0 aromatic rings. The summed E-state index contributed by atoms with van der Waals surface area (Å²) in [6.07, 6.45) is -3.80. The molecule has 20 heavy (non-hydrogen) atoms. The van der Waals surface area contributed by atoms with E-state index in [2.05, 4.69) is 10.6 Å². The fourth-order valence-electron chi connectivity index (χ4n) is 1.55. The highest BCUT2D eigenvalue weighted by molar-refractivity contribution is 5.85. The molecule has 3 atom stereocenters. The van der Waals surface area contributed by atoms with Crippen molar-refractivity contribution in [3.05, 3.63) is 0 Å². The first kappa shape index (κ1) is 17.1. The van der Waals surface area contributed by atoms with E-state index in [1.165, 1.54) is 0 Å². The van der Waals surface area contributed by atoms with Gasteiger partial charge in [0.15, 0.2) is 6.10 Å². The molecule has 0 radical (unpaired) electrons. The number of esters is 2. The normalized spacial score (nSPS) is 26.6. The lowest BCUT2D eigenvalue weighted by atomic mass is 10.2. The Hall–Kier alpha value is -0.970. The van der Waals surface area contributed by atoms with Gasteiger partial charge < -0.3 is 24.1 Å². The van der Waals surface area contributed by atoms with E-state index in [-0.39, 0.29) is 12.4 Å². The molecule has 3 N–H and O–H groups in total. The monoisotopic (exact) mass is 312 g/mol. The molecule has 0 saturated carbocycles. The number of aliphatic hydroxyl groups is 1. The molecule has 3 unspecified atom stereocenters. The zero-order chi connectivity index (χ0) is 13.7. The summed E-state index contributed by atoms with van der Waals surface area (Å²) in [5, 5.41) is 15.0. The second kappa shape index (κ2) is 8.35. The minimum Gasteiger partial charge on any atom is -0.421 e. The van der Waals surface area contributed by atoms with E-state index >= 15 is 0 Å². The van der Waals surface area contributed by atoms with Gasteiger partial charge in [-0.2, -0.15) is 0 Å². The standard InChI is InChI=1S/C10H16N2O7.ClH/c13-6(8(15)19-10-12-2-4-17-10)5-7(14)18-9-11-1-3-16-9;/h6,9-13H,1-5H2;1H. The highest BCUT2D eigenvalue weighted by atomic mass is 35.5. The SMILES string of the molecule is Cl.O=C(CC(O)C(=O)OC1NCCO1)OC1NCCO1. The van der Waals surface area contributed by atoms with Gasteiger partial charge in [0.25, 0.3) is 12.8 Å². The summed E-state index contributed by atoms with van der Waals surface area (Å²) in [6.45, 7) is 1.99. The molecule has 116 valence electrons. The third-order valence-corrected chi connectivity index (χ3v) is 2.46. The zero-order valence-corrected chi connectivity index (χ0v) is 11.4. The van der Waals surface area contributed by atoms with Gasteiger partial charge in [-0.15, -0.1) is 12.4 Å². The van der Waals surface area contributed by atoms with E-state index in [1.807, 2.05) is 0 Å². The smallest absolute Gasteiger partial charge is 0.338 e. The summed E-state index contributed by atoms with van der Waals surface area (Å²) in [6, 6.07) is 0. The molecule has 2 fully saturated rings. The molecular formula is C10H17ClN2O7. The molecule has 0 aromatic heterocycles. The van der Waals surface area contributed by atoms with E-state index in [0.717, 1.165) is 0 Å². The van der Waals surface area contributed by atoms with Crippen molar-refractivity contribution in [1.82, 2.24) is 10.6 Å². The van der Waals surface area contributed by atoms with Crippen LogP contribution in [-0.2, 0) is 28.5 Å². The second-order valence-electron chi connectivity index (χ2n) is 3.96. The lowest BCUT2D eigenvalue weighted by Crippen LogP contribution is -2.36.